The van der Waals surface area contributed by atoms with Crippen LogP contribution < -0.4 is 5.32 Å². The highest BCUT2D eigenvalue weighted by molar-refractivity contribution is 4.72. The van der Waals surface area contributed by atoms with Crippen molar-refractivity contribution in [3.8, 4) is 0 Å². The summed E-state index contributed by atoms with van der Waals surface area (Å²) in [5, 5.41) is 3.71. The van der Waals surface area contributed by atoms with Crippen LogP contribution in [-0.2, 0) is 4.74 Å². The van der Waals surface area contributed by atoms with Gasteiger partial charge < -0.3 is 15.0 Å². The Kier molecular flexibility index (Phi) is 7.18. The predicted octanol–water partition coefficient (Wildman–Crippen LogP) is 2.66. The third kappa shape index (κ3) is 7.28. The molecule has 0 aromatic rings. The summed E-state index contributed by atoms with van der Waals surface area (Å²) in [5.41, 5.74) is 0. The smallest absolute Gasteiger partial charge is 0.0593 e. The van der Waals surface area contributed by atoms with Crippen LogP contribution in [0.2, 0.25) is 0 Å². The second kappa shape index (κ2) is 8.93. The molecule has 3 nitrogen and oxygen atoms in total. The average molecular weight is 268 g/mol. The van der Waals surface area contributed by atoms with Crippen molar-refractivity contribution in [1.29, 1.82) is 0 Å². The van der Waals surface area contributed by atoms with E-state index in [1.165, 1.54) is 64.5 Å². The number of rotatable bonds is 10. The van der Waals surface area contributed by atoms with Gasteiger partial charge in [0.1, 0.15) is 0 Å². The van der Waals surface area contributed by atoms with Gasteiger partial charge >= 0.3 is 0 Å². The van der Waals surface area contributed by atoms with Crippen LogP contribution in [-0.4, -0.2) is 50.8 Å². The molecule has 0 aromatic carbocycles. The number of nitrogens with one attached hydrogen (secondary N) is 1. The summed E-state index contributed by atoms with van der Waals surface area (Å²) >= 11 is 0. The summed E-state index contributed by atoms with van der Waals surface area (Å²) < 4.78 is 5.67. The SMILES string of the molecule is CN(CCCNC1CCCCC1)CCOCC1CC1. The van der Waals surface area contributed by atoms with Gasteiger partial charge in [-0.05, 0) is 58.2 Å². The highest BCUT2D eigenvalue weighted by Gasteiger charge is 2.20. The molecule has 0 bridgehead atoms. The predicted molar refractivity (Wildman–Crippen MR) is 80.5 cm³/mol. The van der Waals surface area contributed by atoms with Gasteiger partial charge in [0.15, 0.2) is 0 Å². The largest absolute Gasteiger partial charge is 0.380 e. The Hall–Kier alpha value is -0.120. The van der Waals surface area contributed by atoms with Crippen LogP contribution in [0.1, 0.15) is 51.4 Å². The number of ether oxygens (including phenoxy) is 1. The maximum Gasteiger partial charge on any atom is 0.0593 e. The van der Waals surface area contributed by atoms with Crippen molar-refractivity contribution in [1.82, 2.24) is 10.2 Å². The van der Waals surface area contributed by atoms with Gasteiger partial charge in [-0.25, -0.2) is 0 Å². The van der Waals surface area contributed by atoms with Crippen molar-refractivity contribution >= 4 is 0 Å². The first-order valence-corrected chi connectivity index (χ1v) is 8.34. The number of nitrogens with zero attached hydrogens (tertiary/aromatic N) is 1. The average Bonchev–Trinajstić information content (AvgIpc) is 3.25. The molecule has 0 amide bonds. The Bertz CT molecular complexity index is 225. The molecule has 2 fully saturated rings. The second-order valence-corrected chi connectivity index (χ2v) is 6.46. The third-order valence-corrected chi connectivity index (χ3v) is 4.42. The first-order chi connectivity index (χ1) is 9.34. The number of likely N-dealkylation sites (N-methyl/N-ethyl adjacent to an activating group) is 1. The van der Waals surface area contributed by atoms with E-state index in [2.05, 4.69) is 17.3 Å². The molecule has 0 unspecified atom stereocenters. The summed E-state index contributed by atoms with van der Waals surface area (Å²) in [4.78, 5) is 2.40. The molecule has 2 saturated carbocycles. The van der Waals surface area contributed by atoms with Crippen LogP contribution in [0.3, 0.4) is 0 Å². The van der Waals surface area contributed by atoms with Gasteiger partial charge in [-0.15, -0.1) is 0 Å². The fourth-order valence-electron chi connectivity index (χ4n) is 2.83. The van der Waals surface area contributed by atoms with Gasteiger partial charge in [0.2, 0.25) is 0 Å². The first-order valence-electron chi connectivity index (χ1n) is 8.34. The molecule has 2 aliphatic carbocycles. The van der Waals surface area contributed by atoms with Gasteiger partial charge in [0, 0.05) is 19.2 Å². The lowest BCUT2D eigenvalue weighted by atomic mass is 9.95. The fourth-order valence-corrected chi connectivity index (χ4v) is 2.83. The van der Waals surface area contributed by atoms with E-state index < -0.39 is 0 Å². The maximum absolute atomic E-state index is 5.67. The van der Waals surface area contributed by atoms with Gasteiger partial charge in [-0.2, -0.15) is 0 Å². The molecular weight excluding hydrogens is 236 g/mol. The lowest BCUT2D eigenvalue weighted by molar-refractivity contribution is 0.103. The third-order valence-electron chi connectivity index (χ3n) is 4.42. The Morgan fingerprint density at radius 2 is 1.84 bits per heavy atom. The number of hydrogen-bond acceptors (Lipinski definition) is 3. The Balaban J connectivity index is 1.36. The van der Waals surface area contributed by atoms with Gasteiger partial charge in [0.05, 0.1) is 6.61 Å². The second-order valence-electron chi connectivity index (χ2n) is 6.46. The highest BCUT2D eigenvalue weighted by atomic mass is 16.5. The molecule has 0 heterocycles. The maximum atomic E-state index is 5.67. The van der Waals surface area contributed by atoms with Crippen molar-refractivity contribution < 1.29 is 4.74 Å². The zero-order chi connectivity index (χ0) is 13.3. The standard InChI is InChI=1S/C16H32N2O/c1-18(12-13-19-14-15-8-9-15)11-5-10-17-16-6-3-2-4-7-16/h15-17H,2-14H2,1H3. The van der Waals surface area contributed by atoms with Crippen LogP contribution in [0.4, 0.5) is 0 Å². The van der Waals surface area contributed by atoms with Crippen molar-refractivity contribution in [3.63, 3.8) is 0 Å². The molecule has 19 heavy (non-hydrogen) atoms. The molecule has 3 heteroatoms. The van der Waals surface area contributed by atoms with Crippen LogP contribution in [0.25, 0.3) is 0 Å². The van der Waals surface area contributed by atoms with Crippen molar-refractivity contribution in [3.05, 3.63) is 0 Å². The summed E-state index contributed by atoms with van der Waals surface area (Å²) in [6.07, 6.45) is 11.1. The van der Waals surface area contributed by atoms with E-state index in [1.807, 2.05) is 0 Å². The van der Waals surface area contributed by atoms with Crippen LogP contribution in [0.5, 0.6) is 0 Å². The molecule has 0 spiro atoms. The van der Waals surface area contributed by atoms with Crippen molar-refractivity contribution in [2.75, 3.05) is 39.9 Å². The Morgan fingerprint density at radius 3 is 2.58 bits per heavy atom. The van der Waals surface area contributed by atoms with E-state index in [0.29, 0.717) is 0 Å². The van der Waals surface area contributed by atoms with Gasteiger partial charge in [-0.3, -0.25) is 0 Å². The normalized spacial score (nSPS) is 21.2. The van der Waals surface area contributed by atoms with E-state index in [-0.39, 0.29) is 0 Å². The molecule has 2 rings (SSSR count). The van der Waals surface area contributed by atoms with E-state index in [4.69, 9.17) is 4.74 Å². The van der Waals surface area contributed by atoms with Gasteiger partial charge in [0.25, 0.3) is 0 Å². The topological polar surface area (TPSA) is 24.5 Å². The van der Waals surface area contributed by atoms with Gasteiger partial charge in [-0.1, -0.05) is 19.3 Å². The minimum absolute atomic E-state index is 0.806. The zero-order valence-electron chi connectivity index (χ0n) is 12.7. The van der Waals surface area contributed by atoms with E-state index in [9.17, 15) is 0 Å². The molecule has 2 aliphatic rings. The van der Waals surface area contributed by atoms with E-state index in [0.717, 1.165) is 31.7 Å². The Labute approximate surface area is 119 Å². The summed E-state index contributed by atoms with van der Waals surface area (Å²) in [6, 6.07) is 0.806. The molecule has 0 saturated heterocycles. The minimum Gasteiger partial charge on any atom is -0.380 e. The van der Waals surface area contributed by atoms with Crippen molar-refractivity contribution in [2.45, 2.75) is 57.4 Å². The first kappa shape index (κ1) is 15.3. The highest BCUT2D eigenvalue weighted by Crippen LogP contribution is 2.28. The molecular formula is C16H32N2O. The summed E-state index contributed by atoms with van der Waals surface area (Å²) in [7, 11) is 2.21. The summed E-state index contributed by atoms with van der Waals surface area (Å²) in [5.74, 6) is 0.894. The molecule has 0 aromatic heterocycles. The Morgan fingerprint density at radius 1 is 1.05 bits per heavy atom. The van der Waals surface area contributed by atoms with E-state index in [1.54, 1.807) is 0 Å². The van der Waals surface area contributed by atoms with E-state index >= 15 is 0 Å². The molecule has 0 radical (unpaired) electrons. The zero-order valence-corrected chi connectivity index (χ0v) is 12.7. The molecule has 112 valence electrons. The minimum atomic E-state index is 0.806. The summed E-state index contributed by atoms with van der Waals surface area (Å²) in [6.45, 7) is 5.35. The molecule has 1 N–H and O–H groups in total. The molecule has 0 atom stereocenters. The van der Waals surface area contributed by atoms with Crippen LogP contribution in [0.15, 0.2) is 0 Å². The lowest BCUT2D eigenvalue weighted by Crippen LogP contribution is -2.33. The lowest BCUT2D eigenvalue weighted by Gasteiger charge is -2.23. The monoisotopic (exact) mass is 268 g/mol. The molecule has 0 aliphatic heterocycles. The van der Waals surface area contributed by atoms with Crippen molar-refractivity contribution in [2.24, 2.45) is 5.92 Å². The van der Waals surface area contributed by atoms with Crippen LogP contribution >= 0.6 is 0 Å². The number of hydrogen-bond donors (Lipinski definition) is 1. The quantitative estimate of drug-likeness (QED) is 0.617. The van der Waals surface area contributed by atoms with Crippen LogP contribution in [0, 0.1) is 5.92 Å². The fraction of sp³-hybridized carbons (Fsp3) is 1.00.